The second kappa shape index (κ2) is 6.07. The summed E-state index contributed by atoms with van der Waals surface area (Å²) in [6, 6.07) is 5.98. The smallest absolute Gasteiger partial charge is 0.269 e. The summed E-state index contributed by atoms with van der Waals surface area (Å²) in [6.07, 6.45) is 1.63. The van der Waals surface area contributed by atoms with Gasteiger partial charge in [0.2, 0.25) is 0 Å². The molecule has 1 aromatic rings. The zero-order valence-electron chi connectivity index (χ0n) is 8.81. The summed E-state index contributed by atoms with van der Waals surface area (Å²) < 4.78 is 0. The largest absolute Gasteiger partial charge is 0.277 e. The lowest BCUT2D eigenvalue weighted by Gasteiger charge is -2.00. The van der Waals surface area contributed by atoms with Crippen LogP contribution in [-0.4, -0.2) is 10.1 Å². The molecule has 86 valence electrons. The Morgan fingerprint density at radius 3 is 2.62 bits per heavy atom. The molecule has 0 aliphatic rings. The highest BCUT2D eigenvalue weighted by Crippen LogP contribution is 2.15. The van der Waals surface area contributed by atoms with Gasteiger partial charge in [0.05, 0.1) is 10.6 Å². The van der Waals surface area contributed by atoms with Gasteiger partial charge < -0.3 is 0 Å². The van der Waals surface area contributed by atoms with Crippen LogP contribution in [0.5, 0.6) is 0 Å². The van der Waals surface area contributed by atoms with E-state index in [9.17, 15) is 10.1 Å². The summed E-state index contributed by atoms with van der Waals surface area (Å²) in [4.78, 5) is 9.95. The highest BCUT2D eigenvalue weighted by Gasteiger charge is 2.03. The fraction of sp³-hybridized carbons (Fsp3) is 0.300. The Morgan fingerprint density at radius 2 is 2.12 bits per heavy atom. The van der Waals surface area contributed by atoms with E-state index in [2.05, 4.69) is 10.5 Å². The molecule has 1 N–H and O–H groups in total. The average Bonchev–Trinajstić information content (AvgIpc) is 2.27. The minimum atomic E-state index is -0.447. The number of nitrogens with zero attached hydrogens (tertiary/aromatic N) is 2. The molecule has 0 fully saturated rings. The van der Waals surface area contributed by atoms with Crippen molar-refractivity contribution in [1.82, 2.24) is 0 Å². The number of nitrogens with one attached hydrogen (secondary N) is 1. The third-order valence-electron chi connectivity index (χ3n) is 1.84. The van der Waals surface area contributed by atoms with E-state index in [0.29, 0.717) is 17.3 Å². The van der Waals surface area contributed by atoms with Crippen LogP contribution in [0.2, 0.25) is 0 Å². The van der Waals surface area contributed by atoms with Gasteiger partial charge in [0.1, 0.15) is 5.17 Å². The van der Waals surface area contributed by atoms with Crippen LogP contribution < -0.4 is 5.43 Å². The van der Waals surface area contributed by atoms with Crippen molar-refractivity contribution < 1.29 is 4.92 Å². The first kappa shape index (κ1) is 12.4. The van der Waals surface area contributed by atoms with Crippen molar-refractivity contribution in [2.75, 3.05) is 5.43 Å². The molecule has 0 aliphatic carbocycles. The molecule has 1 aromatic carbocycles. The van der Waals surface area contributed by atoms with Gasteiger partial charge in [-0.2, -0.15) is 5.10 Å². The second-order valence-corrected chi connectivity index (χ2v) is 3.59. The Bertz CT molecular complexity index is 390. The van der Waals surface area contributed by atoms with Crippen LogP contribution >= 0.6 is 11.6 Å². The summed E-state index contributed by atoms with van der Waals surface area (Å²) in [5.74, 6) is 0. The molecular weight excluding hydrogens is 230 g/mol. The lowest BCUT2D eigenvalue weighted by atomic mass is 10.3. The number of hydrogen-bond donors (Lipinski definition) is 1. The summed E-state index contributed by atoms with van der Waals surface area (Å²) in [6.45, 7) is 2.00. The van der Waals surface area contributed by atoms with Crippen molar-refractivity contribution in [3.8, 4) is 0 Å². The Balaban J connectivity index is 2.62. The highest BCUT2D eigenvalue weighted by atomic mass is 35.5. The van der Waals surface area contributed by atoms with Crippen LogP contribution in [0, 0.1) is 10.1 Å². The first-order valence-corrected chi connectivity index (χ1v) is 5.23. The molecule has 0 saturated carbocycles. The fourth-order valence-corrected chi connectivity index (χ4v) is 1.28. The maximum atomic E-state index is 10.4. The summed E-state index contributed by atoms with van der Waals surface area (Å²) >= 11 is 5.79. The summed E-state index contributed by atoms with van der Waals surface area (Å²) in [7, 11) is 0. The molecule has 1 rings (SSSR count). The first-order valence-electron chi connectivity index (χ1n) is 4.86. The number of non-ortho nitro benzene ring substituents is 1. The van der Waals surface area contributed by atoms with Crippen molar-refractivity contribution in [3.05, 3.63) is 34.4 Å². The number of nitro groups is 1. The molecule has 5 nitrogen and oxygen atoms in total. The number of rotatable bonds is 5. The van der Waals surface area contributed by atoms with Crippen LogP contribution in [0.3, 0.4) is 0 Å². The van der Waals surface area contributed by atoms with Crippen molar-refractivity contribution in [1.29, 1.82) is 0 Å². The molecule has 6 heteroatoms. The SMILES string of the molecule is CCC/C(Cl)=N/Nc1ccc([N+](=O)[O-])cc1. The quantitative estimate of drug-likeness (QED) is 0.488. The minimum Gasteiger partial charge on any atom is -0.277 e. The normalized spacial score (nSPS) is 11.2. The predicted octanol–water partition coefficient (Wildman–Crippen LogP) is 3.36. The number of benzene rings is 1. The van der Waals surface area contributed by atoms with Gasteiger partial charge in [-0.15, -0.1) is 0 Å². The third kappa shape index (κ3) is 3.86. The van der Waals surface area contributed by atoms with Gasteiger partial charge in [-0.05, 0) is 18.6 Å². The van der Waals surface area contributed by atoms with Gasteiger partial charge in [-0.3, -0.25) is 15.5 Å². The molecule has 16 heavy (non-hydrogen) atoms. The maximum absolute atomic E-state index is 10.4. The van der Waals surface area contributed by atoms with Gasteiger partial charge in [0, 0.05) is 18.6 Å². The van der Waals surface area contributed by atoms with Crippen LogP contribution in [0.4, 0.5) is 11.4 Å². The molecule has 0 unspecified atom stereocenters. The molecule has 0 heterocycles. The number of hydrogen-bond acceptors (Lipinski definition) is 4. The topological polar surface area (TPSA) is 67.5 Å². The molecule has 0 bridgehead atoms. The maximum Gasteiger partial charge on any atom is 0.269 e. The number of halogens is 1. The van der Waals surface area contributed by atoms with E-state index < -0.39 is 4.92 Å². The minimum absolute atomic E-state index is 0.0502. The Hall–Kier alpha value is -1.62. The molecule has 0 aliphatic heterocycles. The zero-order chi connectivity index (χ0) is 12.0. The number of hydrazone groups is 1. The Labute approximate surface area is 98.3 Å². The second-order valence-electron chi connectivity index (χ2n) is 3.15. The summed E-state index contributed by atoms with van der Waals surface area (Å²) in [5.41, 5.74) is 3.45. The standard InChI is InChI=1S/C10H12ClN3O2/c1-2-3-10(11)13-12-8-4-6-9(7-5-8)14(15)16/h4-7,12H,2-3H2,1H3/b13-10-. The van der Waals surface area contributed by atoms with Gasteiger partial charge in [0.25, 0.3) is 5.69 Å². The van der Waals surface area contributed by atoms with Gasteiger partial charge in [0.15, 0.2) is 0 Å². The molecule has 0 saturated heterocycles. The van der Waals surface area contributed by atoms with Crippen molar-refractivity contribution in [2.45, 2.75) is 19.8 Å². The number of anilines is 1. The van der Waals surface area contributed by atoms with E-state index >= 15 is 0 Å². The van der Waals surface area contributed by atoms with E-state index in [-0.39, 0.29) is 5.69 Å². The van der Waals surface area contributed by atoms with Gasteiger partial charge >= 0.3 is 0 Å². The lowest BCUT2D eigenvalue weighted by molar-refractivity contribution is -0.384. The van der Waals surface area contributed by atoms with Crippen LogP contribution in [-0.2, 0) is 0 Å². The average molecular weight is 242 g/mol. The van der Waals surface area contributed by atoms with E-state index in [4.69, 9.17) is 11.6 Å². The number of nitro benzene ring substituents is 1. The molecular formula is C10H12ClN3O2. The molecule has 0 radical (unpaired) electrons. The monoisotopic (exact) mass is 241 g/mol. The van der Waals surface area contributed by atoms with E-state index in [0.717, 1.165) is 6.42 Å². The molecule has 0 amide bonds. The van der Waals surface area contributed by atoms with Crippen LogP contribution in [0.15, 0.2) is 29.4 Å². The highest BCUT2D eigenvalue weighted by molar-refractivity contribution is 6.65. The van der Waals surface area contributed by atoms with Gasteiger partial charge in [-0.1, -0.05) is 18.5 Å². The van der Waals surface area contributed by atoms with E-state index in [1.807, 2.05) is 6.92 Å². The van der Waals surface area contributed by atoms with E-state index in [1.165, 1.54) is 12.1 Å². The zero-order valence-corrected chi connectivity index (χ0v) is 9.57. The van der Waals surface area contributed by atoms with E-state index in [1.54, 1.807) is 12.1 Å². The third-order valence-corrected chi connectivity index (χ3v) is 2.11. The lowest BCUT2D eigenvalue weighted by Crippen LogP contribution is -1.95. The van der Waals surface area contributed by atoms with Crippen LogP contribution in [0.25, 0.3) is 0 Å². The van der Waals surface area contributed by atoms with Crippen molar-refractivity contribution >= 4 is 28.1 Å². The molecule has 0 atom stereocenters. The molecule has 0 aromatic heterocycles. The first-order chi connectivity index (χ1) is 7.63. The Morgan fingerprint density at radius 1 is 1.50 bits per heavy atom. The fourth-order valence-electron chi connectivity index (χ4n) is 1.05. The van der Waals surface area contributed by atoms with Crippen molar-refractivity contribution in [3.63, 3.8) is 0 Å². The van der Waals surface area contributed by atoms with Gasteiger partial charge in [-0.25, -0.2) is 0 Å². The summed E-state index contributed by atoms with van der Waals surface area (Å²) in [5, 5.41) is 14.8. The van der Waals surface area contributed by atoms with Crippen molar-refractivity contribution in [2.24, 2.45) is 5.10 Å². The molecule has 0 spiro atoms. The predicted molar refractivity (Wildman–Crippen MR) is 64.9 cm³/mol. The van der Waals surface area contributed by atoms with Crippen LogP contribution in [0.1, 0.15) is 19.8 Å². The Kier molecular flexibility index (Phi) is 4.72.